The Morgan fingerprint density at radius 2 is 1.59 bits per heavy atom. The lowest BCUT2D eigenvalue weighted by Gasteiger charge is -2.38. The Kier molecular flexibility index (Phi) is 6.10. The molecule has 126 valence electrons. The SMILES string of the molecule is O=C(C1CCCC1)N(CCN1CCOCC1)C1CCOCC1. The van der Waals surface area contributed by atoms with Crippen molar-refractivity contribution >= 4 is 5.91 Å². The minimum Gasteiger partial charge on any atom is -0.381 e. The van der Waals surface area contributed by atoms with Crippen molar-refractivity contribution in [2.75, 3.05) is 52.6 Å². The molecule has 1 saturated carbocycles. The van der Waals surface area contributed by atoms with E-state index in [1.807, 2.05) is 0 Å². The topological polar surface area (TPSA) is 42.0 Å². The van der Waals surface area contributed by atoms with Gasteiger partial charge in [0.25, 0.3) is 0 Å². The van der Waals surface area contributed by atoms with Crippen LogP contribution < -0.4 is 0 Å². The Morgan fingerprint density at radius 3 is 2.27 bits per heavy atom. The van der Waals surface area contributed by atoms with E-state index in [9.17, 15) is 4.79 Å². The molecule has 5 nitrogen and oxygen atoms in total. The zero-order chi connectivity index (χ0) is 15.2. The molecule has 0 aromatic heterocycles. The minimum atomic E-state index is 0.285. The van der Waals surface area contributed by atoms with Crippen molar-refractivity contribution in [2.45, 2.75) is 44.6 Å². The van der Waals surface area contributed by atoms with Gasteiger partial charge in [-0.2, -0.15) is 0 Å². The van der Waals surface area contributed by atoms with Crippen LogP contribution in [0.5, 0.6) is 0 Å². The van der Waals surface area contributed by atoms with Crippen molar-refractivity contribution in [3.05, 3.63) is 0 Å². The number of carbonyl (C=O) groups is 1. The molecule has 22 heavy (non-hydrogen) atoms. The van der Waals surface area contributed by atoms with Crippen LogP contribution in [0.3, 0.4) is 0 Å². The second-order valence-corrected chi connectivity index (χ2v) is 6.81. The number of rotatable bonds is 5. The fraction of sp³-hybridized carbons (Fsp3) is 0.941. The molecular formula is C17H30N2O3. The molecule has 0 aromatic carbocycles. The highest BCUT2D eigenvalue weighted by molar-refractivity contribution is 5.79. The first-order valence-electron chi connectivity index (χ1n) is 9.03. The largest absolute Gasteiger partial charge is 0.381 e. The minimum absolute atomic E-state index is 0.285. The second-order valence-electron chi connectivity index (χ2n) is 6.81. The Bertz CT molecular complexity index is 346. The Hall–Kier alpha value is -0.650. The number of amides is 1. The third-order valence-corrected chi connectivity index (χ3v) is 5.38. The van der Waals surface area contributed by atoms with Gasteiger partial charge in [-0.3, -0.25) is 9.69 Å². The van der Waals surface area contributed by atoms with Gasteiger partial charge in [0, 0.05) is 51.4 Å². The van der Waals surface area contributed by atoms with Gasteiger partial charge in [0.05, 0.1) is 13.2 Å². The molecule has 1 amide bonds. The molecule has 3 fully saturated rings. The summed E-state index contributed by atoms with van der Waals surface area (Å²) < 4.78 is 10.9. The van der Waals surface area contributed by atoms with E-state index in [-0.39, 0.29) is 5.92 Å². The molecule has 0 unspecified atom stereocenters. The molecule has 2 aliphatic heterocycles. The molecule has 2 saturated heterocycles. The molecule has 0 N–H and O–H groups in total. The van der Waals surface area contributed by atoms with Crippen LogP contribution in [0.1, 0.15) is 38.5 Å². The van der Waals surface area contributed by atoms with Crippen LogP contribution in [0.25, 0.3) is 0 Å². The fourth-order valence-electron chi connectivity index (χ4n) is 3.95. The average Bonchev–Trinajstić information content (AvgIpc) is 3.11. The highest BCUT2D eigenvalue weighted by Crippen LogP contribution is 2.28. The van der Waals surface area contributed by atoms with Gasteiger partial charge in [-0.05, 0) is 25.7 Å². The summed E-state index contributed by atoms with van der Waals surface area (Å²) in [4.78, 5) is 17.6. The molecule has 3 rings (SSSR count). The lowest BCUT2D eigenvalue weighted by Crippen LogP contribution is -2.50. The lowest BCUT2D eigenvalue weighted by atomic mass is 10.0. The molecule has 0 bridgehead atoms. The monoisotopic (exact) mass is 310 g/mol. The van der Waals surface area contributed by atoms with Crippen molar-refractivity contribution in [3.8, 4) is 0 Å². The molecule has 0 atom stereocenters. The van der Waals surface area contributed by atoms with E-state index in [1.165, 1.54) is 12.8 Å². The maximum atomic E-state index is 13.0. The molecule has 5 heteroatoms. The number of morpholine rings is 1. The van der Waals surface area contributed by atoms with Gasteiger partial charge in [0.15, 0.2) is 0 Å². The smallest absolute Gasteiger partial charge is 0.225 e. The Labute approximate surface area is 133 Å². The van der Waals surface area contributed by atoms with Crippen LogP contribution in [0.4, 0.5) is 0 Å². The van der Waals surface area contributed by atoms with Gasteiger partial charge in [-0.1, -0.05) is 12.8 Å². The highest BCUT2D eigenvalue weighted by Gasteiger charge is 2.32. The van der Waals surface area contributed by atoms with Gasteiger partial charge in [0.2, 0.25) is 5.91 Å². The summed E-state index contributed by atoms with van der Waals surface area (Å²) >= 11 is 0. The Morgan fingerprint density at radius 1 is 0.955 bits per heavy atom. The van der Waals surface area contributed by atoms with Gasteiger partial charge >= 0.3 is 0 Å². The van der Waals surface area contributed by atoms with Crippen molar-refractivity contribution in [1.29, 1.82) is 0 Å². The first-order valence-corrected chi connectivity index (χ1v) is 9.03. The van der Waals surface area contributed by atoms with Crippen molar-refractivity contribution in [2.24, 2.45) is 5.92 Å². The molecule has 2 heterocycles. The van der Waals surface area contributed by atoms with Crippen molar-refractivity contribution in [3.63, 3.8) is 0 Å². The van der Waals surface area contributed by atoms with E-state index in [2.05, 4.69) is 9.80 Å². The normalized spacial score (nSPS) is 25.5. The van der Waals surface area contributed by atoms with E-state index in [4.69, 9.17) is 9.47 Å². The molecule has 0 spiro atoms. The number of carbonyl (C=O) groups excluding carboxylic acids is 1. The maximum Gasteiger partial charge on any atom is 0.225 e. The van der Waals surface area contributed by atoms with E-state index in [0.29, 0.717) is 11.9 Å². The second kappa shape index (κ2) is 8.27. The Balaban J connectivity index is 1.58. The molecule has 3 aliphatic rings. The number of nitrogens with zero attached hydrogens (tertiary/aromatic N) is 2. The quantitative estimate of drug-likeness (QED) is 0.772. The van der Waals surface area contributed by atoms with E-state index in [1.54, 1.807) is 0 Å². The number of hydrogen-bond acceptors (Lipinski definition) is 4. The van der Waals surface area contributed by atoms with Crippen LogP contribution in [0.2, 0.25) is 0 Å². The molecular weight excluding hydrogens is 280 g/mol. The predicted octanol–water partition coefficient (Wildman–Crippen LogP) is 1.52. The molecule has 1 aliphatic carbocycles. The van der Waals surface area contributed by atoms with Crippen LogP contribution in [0.15, 0.2) is 0 Å². The first-order chi connectivity index (χ1) is 10.8. The zero-order valence-electron chi connectivity index (χ0n) is 13.7. The molecule has 0 radical (unpaired) electrons. The highest BCUT2D eigenvalue weighted by atomic mass is 16.5. The van der Waals surface area contributed by atoms with Gasteiger partial charge in [-0.15, -0.1) is 0 Å². The summed E-state index contributed by atoms with van der Waals surface area (Å²) in [6, 6.07) is 0.392. The van der Waals surface area contributed by atoms with Gasteiger partial charge in [-0.25, -0.2) is 0 Å². The third kappa shape index (κ3) is 4.21. The van der Waals surface area contributed by atoms with Crippen LogP contribution in [-0.2, 0) is 14.3 Å². The number of hydrogen-bond donors (Lipinski definition) is 0. The van der Waals surface area contributed by atoms with Gasteiger partial charge < -0.3 is 14.4 Å². The summed E-state index contributed by atoms with van der Waals surface area (Å²) in [6.07, 6.45) is 6.64. The van der Waals surface area contributed by atoms with Crippen LogP contribution in [-0.4, -0.2) is 74.4 Å². The summed E-state index contributed by atoms with van der Waals surface area (Å²) in [6.45, 7) is 7.12. The summed E-state index contributed by atoms with van der Waals surface area (Å²) in [5.74, 6) is 0.699. The van der Waals surface area contributed by atoms with E-state index < -0.39 is 0 Å². The van der Waals surface area contributed by atoms with Crippen LogP contribution in [0, 0.1) is 5.92 Å². The van der Waals surface area contributed by atoms with Gasteiger partial charge in [0.1, 0.15) is 0 Å². The third-order valence-electron chi connectivity index (χ3n) is 5.38. The summed E-state index contributed by atoms with van der Waals surface area (Å²) in [5, 5.41) is 0. The zero-order valence-corrected chi connectivity index (χ0v) is 13.7. The van der Waals surface area contributed by atoms with Crippen LogP contribution >= 0.6 is 0 Å². The standard InChI is InChI=1S/C17H30N2O3/c20-17(15-3-1-2-4-15)19(16-5-11-21-12-6-16)8-7-18-9-13-22-14-10-18/h15-16H,1-14H2. The average molecular weight is 310 g/mol. The lowest BCUT2D eigenvalue weighted by molar-refractivity contribution is -0.140. The fourth-order valence-corrected chi connectivity index (χ4v) is 3.95. The summed E-state index contributed by atoms with van der Waals surface area (Å²) in [7, 11) is 0. The maximum absolute atomic E-state index is 13.0. The molecule has 0 aromatic rings. The van der Waals surface area contributed by atoms with E-state index in [0.717, 1.165) is 78.3 Å². The number of ether oxygens (including phenoxy) is 2. The predicted molar refractivity (Wildman–Crippen MR) is 84.8 cm³/mol. The van der Waals surface area contributed by atoms with Crippen molar-refractivity contribution in [1.82, 2.24) is 9.80 Å². The van der Waals surface area contributed by atoms with E-state index >= 15 is 0 Å². The van der Waals surface area contributed by atoms with Crippen molar-refractivity contribution < 1.29 is 14.3 Å². The summed E-state index contributed by atoms with van der Waals surface area (Å²) in [5.41, 5.74) is 0. The first kappa shape index (κ1) is 16.2.